The van der Waals surface area contributed by atoms with Crippen molar-refractivity contribution in [1.29, 1.82) is 0 Å². The molecule has 0 unspecified atom stereocenters. The van der Waals surface area contributed by atoms with Crippen LogP contribution >= 0.6 is 11.8 Å². The van der Waals surface area contributed by atoms with Crippen molar-refractivity contribution in [2.75, 3.05) is 12.0 Å². The van der Waals surface area contributed by atoms with E-state index >= 15 is 0 Å². The van der Waals surface area contributed by atoms with Crippen molar-refractivity contribution in [3.8, 4) is 5.75 Å². The lowest BCUT2D eigenvalue weighted by molar-refractivity contribution is -0.383. The normalized spacial score (nSPS) is 10.2. The minimum Gasteiger partial charge on any atom is -0.489 e. The van der Waals surface area contributed by atoms with Gasteiger partial charge in [0.2, 0.25) is 0 Å². The SMILES string of the molecule is CSc1ccc(OCc2ccc([N+](=O)[O-])c(N)c2)cc1. The van der Waals surface area contributed by atoms with E-state index in [1.807, 2.05) is 30.5 Å². The summed E-state index contributed by atoms with van der Waals surface area (Å²) in [6.07, 6.45) is 2.01. The van der Waals surface area contributed by atoms with Gasteiger partial charge in [-0.15, -0.1) is 11.8 Å². The highest BCUT2D eigenvalue weighted by Crippen LogP contribution is 2.24. The molecule has 0 bridgehead atoms. The standard InChI is InChI=1S/C14H14N2O3S/c1-20-12-5-3-11(4-6-12)19-9-10-2-7-14(16(17)18)13(15)8-10/h2-8H,9,15H2,1H3. The number of anilines is 1. The van der Waals surface area contributed by atoms with E-state index in [-0.39, 0.29) is 11.4 Å². The van der Waals surface area contributed by atoms with E-state index in [2.05, 4.69) is 0 Å². The van der Waals surface area contributed by atoms with E-state index in [0.717, 1.165) is 16.2 Å². The van der Waals surface area contributed by atoms with Gasteiger partial charge in [-0.3, -0.25) is 10.1 Å². The third-order valence-corrected chi connectivity index (χ3v) is 3.50. The Balaban J connectivity index is 2.03. The van der Waals surface area contributed by atoms with Crippen LogP contribution in [0.25, 0.3) is 0 Å². The molecule has 0 radical (unpaired) electrons. The number of thioether (sulfide) groups is 1. The summed E-state index contributed by atoms with van der Waals surface area (Å²) in [6, 6.07) is 12.3. The Bertz CT molecular complexity index is 614. The smallest absolute Gasteiger partial charge is 0.292 e. The molecule has 104 valence electrons. The van der Waals surface area contributed by atoms with Crippen molar-refractivity contribution in [2.24, 2.45) is 0 Å². The second-order valence-electron chi connectivity index (χ2n) is 4.11. The third-order valence-electron chi connectivity index (χ3n) is 2.75. The van der Waals surface area contributed by atoms with Crippen LogP contribution in [0, 0.1) is 10.1 Å². The number of ether oxygens (including phenoxy) is 1. The van der Waals surface area contributed by atoms with Crippen molar-refractivity contribution >= 4 is 23.1 Å². The summed E-state index contributed by atoms with van der Waals surface area (Å²) in [7, 11) is 0. The molecule has 20 heavy (non-hydrogen) atoms. The van der Waals surface area contributed by atoms with Crippen LogP contribution in [0.15, 0.2) is 47.4 Å². The first kappa shape index (κ1) is 14.2. The predicted octanol–water partition coefficient (Wildman–Crippen LogP) is 3.48. The molecule has 2 N–H and O–H groups in total. The number of nitrogens with two attached hydrogens (primary N) is 1. The summed E-state index contributed by atoms with van der Waals surface area (Å²) < 4.78 is 5.61. The van der Waals surface area contributed by atoms with Crippen molar-refractivity contribution in [2.45, 2.75) is 11.5 Å². The van der Waals surface area contributed by atoms with Crippen LogP contribution in [0.5, 0.6) is 5.75 Å². The van der Waals surface area contributed by atoms with Gasteiger partial charge in [-0.05, 0) is 48.2 Å². The number of benzene rings is 2. The van der Waals surface area contributed by atoms with Gasteiger partial charge in [0, 0.05) is 11.0 Å². The maximum absolute atomic E-state index is 10.7. The van der Waals surface area contributed by atoms with Crippen LogP contribution in [0.2, 0.25) is 0 Å². The quantitative estimate of drug-likeness (QED) is 0.395. The van der Waals surface area contributed by atoms with Crippen molar-refractivity contribution in [3.05, 3.63) is 58.1 Å². The molecule has 0 saturated carbocycles. The van der Waals surface area contributed by atoms with Gasteiger partial charge in [0.15, 0.2) is 0 Å². The number of hydrogen-bond acceptors (Lipinski definition) is 5. The molecule has 6 heteroatoms. The Morgan fingerprint density at radius 2 is 1.95 bits per heavy atom. The molecule has 2 aromatic carbocycles. The van der Waals surface area contributed by atoms with Crippen molar-refractivity contribution in [3.63, 3.8) is 0 Å². The highest BCUT2D eigenvalue weighted by Gasteiger charge is 2.11. The van der Waals surface area contributed by atoms with Gasteiger partial charge >= 0.3 is 0 Å². The fourth-order valence-electron chi connectivity index (χ4n) is 1.70. The molecule has 0 heterocycles. The highest BCUT2D eigenvalue weighted by atomic mass is 32.2. The second-order valence-corrected chi connectivity index (χ2v) is 4.99. The van der Waals surface area contributed by atoms with Gasteiger partial charge in [0.05, 0.1) is 4.92 Å². The topological polar surface area (TPSA) is 78.4 Å². The van der Waals surface area contributed by atoms with E-state index < -0.39 is 4.92 Å². The van der Waals surface area contributed by atoms with Crippen LogP contribution < -0.4 is 10.5 Å². The van der Waals surface area contributed by atoms with Gasteiger partial charge in [0.1, 0.15) is 18.0 Å². The van der Waals surface area contributed by atoms with Crippen LogP contribution in [0.4, 0.5) is 11.4 Å². The number of nitrogens with zero attached hydrogens (tertiary/aromatic N) is 1. The molecule has 0 amide bonds. The largest absolute Gasteiger partial charge is 0.489 e. The summed E-state index contributed by atoms with van der Waals surface area (Å²) in [4.78, 5) is 11.3. The average Bonchev–Trinajstić information content (AvgIpc) is 2.45. The lowest BCUT2D eigenvalue weighted by Crippen LogP contribution is -2.00. The molecular formula is C14H14N2O3S. The molecule has 0 aromatic heterocycles. The van der Waals surface area contributed by atoms with Gasteiger partial charge < -0.3 is 10.5 Å². The van der Waals surface area contributed by atoms with Crippen LogP contribution in [0.3, 0.4) is 0 Å². The highest BCUT2D eigenvalue weighted by molar-refractivity contribution is 7.98. The lowest BCUT2D eigenvalue weighted by atomic mass is 10.2. The molecule has 0 aliphatic heterocycles. The van der Waals surface area contributed by atoms with E-state index in [1.54, 1.807) is 23.9 Å². The first-order valence-corrected chi connectivity index (χ1v) is 7.12. The van der Waals surface area contributed by atoms with E-state index in [9.17, 15) is 10.1 Å². The molecule has 2 rings (SSSR count). The fraction of sp³-hybridized carbons (Fsp3) is 0.143. The number of nitro benzene ring substituents is 1. The molecule has 0 fully saturated rings. The Labute approximate surface area is 120 Å². The first-order valence-electron chi connectivity index (χ1n) is 5.90. The molecule has 0 atom stereocenters. The zero-order valence-corrected chi connectivity index (χ0v) is 11.7. The molecule has 2 aromatic rings. The van der Waals surface area contributed by atoms with Gasteiger partial charge in [-0.2, -0.15) is 0 Å². The summed E-state index contributed by atoms with van der Waals surface area (Å²) >= 11 is 1.66. The van der Waals surface area contributed by atoms with Crippen LogP contribution in [0.1, 0.15) is 5.56 Å². The maximum atomic E-state index is 10.7. The Morgan fingerprint density at radius 3 is 2.50 bits per heavy atom. The molecule has 5 nitrogen and oxygen atoms in total. The zero-order chi connectivity index (χ0) is 14.5. The molecule has 0 saturated heterocycles. The van der Waals surface area contributed by atoms with Crippen LogP contribution in [-0.4, -0.2) is 11.2 Å². The van der Waals surface area contributed by atoms with Gasteiger partial charge in [-0.1, -0.05) is 0 Å². The molecular weight excluding hydrogens is 276 g/mol. The molecule has 0 aliphatic rings. The fourth-order valence-corrected chi connectivity index (χ4v) is 2.11. The second kappa shape index (κ2) is 6.29. The zero-order valence-electron chi connectivity index (χ0n) is 10.9. The summed E-state index contributed by atoms with van der Waals surface area (Å²) in [5.74, 6) is 0.750. The summed E-state index contributed by atoms with van der Waals surface area (Å²) in [6.45, 7) is 0.320. The molecule has 0 aliphatic carbocycles. The van der Waals surface area contributed by atoms with Crippen molar-refractivity contribution in [1.82, 2.24) is 0 Å². The monoisotopic (exact) mass is 290 g/mol. The van der Waals surface area contributed by atoms with Crippen molar-refractivity contribution < 1.29 is 9.66 Å². The lowest BCUT2D eigenvalue weighted by Gasteiger charge is -2.07. The Morgan fingerprint density at radius 1 is 1.25 bits per heavy atom. The third kappa shape index (κ3) is 3.42. The van der Waals surface area contributed by atoms with E-state index in [4.69, 9.17) is 10.5 Å². The summed E-state index contributed by atoms with van der Waals surface area (Å²) in [5.41, 5.74) is 6.48. The van der Waals surface area contributed by atoms with E-state index in [1.165, 1.54) is 6.07 Å². The summed E-state index contributed by atoms with van der Waals surface area (Å²) in [5, 5.41) is 10.7. The van der Waals surface area contributed by atoms with Crippen LogP contribution in [-0.2, 0) is 6.61 Å². The minimum atomic E-state index is -0.499. The number of nitrogen functional groups attached to an aromatic ring is 1. The predicted molar refractivity (Wildman–Crippen MR) is 80.1 cm³/mol. The average molecular weight is 290 g/mol. The van der Waals surface area contributed by atoms with Gasteiger partial charge in [-0.25, -0.2) is 0 Å². The van der Waals surface area contributed by atoms with Gasteiger partial charge in [0.25, 0.3) is 5.69 Å². The maximum Gasteiger partial charge on any atom is 0.292 e. The Kier molecular flexibility index (Phi) is 4.47. The molecule has 0 spiro atoms. The number of hydrogen-bond donors (Lipinski definition) is 1. The number of nitro groups is 1. The van der Waals surface area contributed by atoms with E-state index in [0.29, 0.717) is 6.61 Å². The minimum absolute atomic E-state index is 0.0851. The first-order chi connectivity index (χ1) is 9.60. The Hall–Kier alpha value is -2.21. The number of rotatable bonds is 5.